The molecule has 0 aliphatic carbocycles. The predicted molar refractivity (Wildman–Crippen MR) is 321 cm³/mol. The van der Waals surface area contributed by atoms with Gasteiger partial charge in [-0.2, -0.15) is 0 Å². The number of esters is 3. The molecule has 0 aromatic rings. The summed E-state index contributed by atoms with van der Waals surface area (Å²) in [6.07, 6.45) is 79.4. The Kier molecular flexibility index (Phi) is 60.2. The van der Waals surface area contributed by atoms with Gasteiger partial charge in [-0.25, -0.2) is 0 Å². The van der Waals surface area contributed by atoms with Gasteiger partial charge in [0.25, 0.3) is 0 Å². The summed E-state index contributed by atoms with van der Waals surface area (Å²) in [5.74, 6) is -0.848. The van der Waals surface area contributed by atoms with Crippen LogP contribution in [0.2, 0.25) is 0 Å². The van der Waals surface area contributed by atoms with Crippen LogP contribution in [0.4, 0.5) is 0 Å². The van der Waals surface area contributed by atoms with Crippen molar-refractivity contribution < 1.29 is 28.6 Å². The van der Waals surface area contributed by atoms with Gasteiger partial charge in [0.1, 0.15) is 13.2 Å². The van der Waals surface area contributed by atoms with Crippen molar-refractivity contribution in [1.29, 1.82) is 0 Å². The first-order valence-corrected chi connectivity index (χ1v) is 32.3. The van der Waals surface area contributed by atoms with Crippen molar-refractivity contribution in [3.8, 4) is 0 Å². The Hall–Kier alpha value is -2.89. The molecule has 0 saturated carbocycles. The van der Waals surface area contributed by atoms with Crippen molar-refractivity contribution >= 4 is 17.9 Å². The minimum atomic E-state index is -0.770. The van der Waals surface area contributed by atoms with E-state index in [4.69, 9.17) is 14.2 Å². The molecule has 0 aliphatic rings. The van der Waals surface area contributed by atoms with Gasteiger partial charge in [-0.05, 0) is 64.2 Å². The van der Waals surface area contributed by atoms with Gasteiger partial charge in [0.05, 0.1) is 0 Å². The van der Waals surface area contributed by atoms with Crippen LogP contribution >= 0.6 is 0 Å². The van der Waals surface area contributed by atoms with Crippen molar-refractivity contribution in [2.24, 2.45) is 0 Å². The molecular formula is C68H122O6. The van der Waals surface area contributed by atoms with E-state index in [2.05, 4.69) is 81.5 Å². The van der Waals surface area contributed by atoms with Crippen molar-refractivity contribution in [2.45, 2.75) is 341 Å². The van der Waals surface area contributed by atoms with Gasteiger partial charge in [-0.1, -0.05) is 313 Å². The Morgan fingerprint density at radius 1 is 0.284 bits per heavy atom. The maximum absolute atomic E-state index is 12.9. The second-order valence-electron chi connectivity index (χ2n) is 21.7. The SMILES string of the molecule is CC/C=C\C/C=C\C/C=C\C/C=C\C/C=C\CCCCCCCCCCCCCCCC(=O)OCC(COC(=O)CCCCCCCCCCCCCCC)OC(=O)CCCCCCCCCCCCCCCC. The zero-order valence-corrected chi connectivity index (χ0v) is 49.4. The van der Waals surface area contributed by atoms with Crippen LogP contribution in [0.5, 0.6) is 0 Å². The Morgan fingerprint density at radius 3 is 0.824 bits per heavy atom. The third-order valence-corrected chi connectivity index (χ3v) is 14.3. The summed E-state index contributed by atoms with van der Waals surface area (Å²) in [7, 11) is 0. The molecule has 430 valence electrons. The fourth-order valence-corrected chi connectivity index (χ4v) is 9.47. The molecule has 0 aromatic heterocycles. The first kappa shape index (κ1) is 71.1. The highest BCUT2D eigenvalue weighted by atomic mass is 16.6. The largest absolute Gasteiger partial charge is 0.462 e. The second-order valence-corrected chi connectivity index (χ2v) is 21.7. The number of hydrogen-bond acceptors (Lipinski definition) is 6. The van der Waals surface area contributed by atoms with E-state index in [0.717, 1.165) is 89.9 Å². The lowest BCUT2D eigenvalue weighted by Crippen LogP contribution is -2.30. The average molecular weight is 1040 g/mol. The lowest BCUT2D eigenvalue weighted by molar-refractivity contribution is -0.167. The minimum absolute atomic E-state index is 0.0680. The van der Waals surface area contributed by atoms with Crippen LogP contribution in [-0.4, -0.2) is 37.2 Å². The number of hydrogen-bond donors (Lipinski definition) is 0. The third-order valence-electron chi connectivity index (χ3n) is 14.3. The maximum Gasteiger partial charge on any atom is 0.306 e. The number of allylic oxidation sites excluding steroid dienone is 10. The molecule has 6 heteroatoms. The van der Waals surface area contributed by atoms with Crippen molar-refractivity contribution in [3.63, 3.8) is 0 Å². The molecule has 0 aliphatic heterocycles. The van der Waals surface area contributed by atoms with E-state index >= 15 is 0 Å². The number of ether oxygens (including phenoxy) is 3. The molecule has 74 heavy (non-hydrogen) atoms. The maximum atomic E-state index is 12.9. The minimum Gasteiger partial charge on any atom is -0.462 e. The fourth-order valence-electron chi connectivity index (χ4n) is 9.47. The topological polar surface area (TPSA) is 78.9 Å². The van der Waals surface area contributed by atoms with Gasteiger partial charge < -0.3 is 14.2 Å². The highest BCUT2D eigenvalue weighted by Crippen LogP contribution is 2.17. The molecule has 0 aromatic carbocycles. The summed E-state index contributed by atoms with van der Waals surface area (Å²) in [5.41, 5.74) is 0. The third kappa shape index (κ3) is 60.0. The predicted octanol–water partition coefficient (Wildman–Crippen LogP) is 21.9. The van der Waals surface area contributed by atoms with E-state index in [1.807, 2.05) is 0 Å². The van der Waals surface area contributed by atoms with Crippen LogP contribution in [-0.2, 0) is 28.6 Å². The first-order valence-electron chi connectivity index (χ1n) is 32.3. The van der Waals surface area contributed by atoms with E-state index in [1.54, 1.807) is 0 Å². The number of carbonyl (C=O) groups is 3. The average Bonchev–Trinajstić information content (AvgIpc) is 3.40. The van der Waals surface area contributed by atoms with Crippen LogP contribution in [0, 0.1) is 0 Å². The van der Waals surface area contributed by atoms with E-state index in [-0.39, 0.29) is 31.1 Å². The summed E-state index contributed by atoms with van der Waals surface area (Å²) in [4.78, 5) is 38.2. The molecule has 0 N–H and O–H groups in total. The summed E-state index contributed by atoms with van der Waals surface area (Å²) in [5, 5.41) is 0. The molecule has 0 rings (SSSR count). The lowest BCUT2D eigenvalue weighted by Gasteiger charge is -2.18. The van der Waals surface area contributed by atoms with Gasteiger partial charge in [0.15, 0.2) is 6.10 Å². The molecule has 1 atom stereocenters. The second kappa shape index (κ2) is 62.6. The summed E-state index contributed by atoms with van der Waals surface area (Å²) < 4.78 is 16.9. The van der Waals surface area contributed by atoms with Gasteiger partial charge in [-0.3, -0.25) is 14.4 Å². The van der Waals surface area contributed by atoms with E-state index in [1.165, 1.54) is 205 Å². The zero-order valence-electron chi connectivity index (χ0n) is 49.4. The van der Waals surface area contributed by atoms with Crippen LogP contribution in [0.15, 0.2) is 60.8 Å². The summed E-state index contributed by atoms with van der Waals surface area (Å²) >= 11 is 0. The quantitative estimate of drug-likeness (QED) is 0.0261. The van der Waals surface area contributed by atoms with Crippen LogP contribution in [0.3, 0.4) is 0 Å². The monoisotopic (exact) mass is 1030 g/mol. The Labute approximate surface area is 460 Å². The van der Waals surface area contributed by atoms with Gasteiger partial charge in [-0.15, -0.1) is 0 Å². The highest BCUT2D eigenvalue weighted by molar-refractivity contribution is 5.71. The van der Waals surface area contributed by atoms with Crippen LogP contribution in [0.25, 0.3) is 0 Å². The number of carbonyl (C=O) groups excluding carboxylic acids is 3. The summed E-state index contributed by atoms with van der Waals surface area (Å²) in [6, 6.07) is 0. The van der Waals surface area contributed by atoms with Gasteiger partial charge in [0.2, 0.25) is 0 Å². The zero-order chi connectivity index (χ0) is 53.6. The highest BCUT2D eigenvalue weighted by Gasteiger charge is 2.19. The smallest absolute Gasteiger partial charge is 0.306 e. The fraction of sp³-hybridized carbons (Fsp3) is 0.809. The summed E-state index contributed by atoms with van der Waals surface area (Å²) in [6.45, 7) is 6.57. The molecule has 0 radical (unpaired) electrons. The Balaban J connectivity index is 4.19. The molecule has 0 bridgehead atoms. The molecule has 6 nitrogen and oxygen atoms in total. The normalized spacial score (nSPS) is 12.4. The molecule has 0 fully saturated rings. The number of rotatable bonds is 59. The van der Waals surface area contributed by atoms with E-state index < -0.39 is 6.10 Å². The standard InChI is InChI=1S/C68H122O6/c1-4-7-10-13-16-19-22-25-27-28-29-30-31-32-33-34-35-36-37-38-39-40-41-44-46-49-52-55-58-61-67(70)73-64-65(63-72-66(69)60-57-54-51-48-45-42-24-21-18-15-12-9-6-3)74-68(71)62-59-56-53-50-47-43-26-23-20-17-14-11-8-5-2/h7,10,16,19,25,27,29-30,32-33,65H,4-6,8-9,11-15,17-18,20-24,26,28,31,34-64H2,1-3H3/b10-7-,19-16-,27-25-,30-29-,33-32-. The molecule has 0 saturated heterocycles. The first-order chi connectivity index (χ1) is 36.5. The van der Waals surface area contributed by atoms with Crippen molar-refractivity contribution in [1.82, 2.24) is 0 Å². The van der Waals surface area contributed by atoms with E-state index in [0.29, 0.717) is 19.3 Å². The molecule has 0 spiro atoms. The van der Waals surface area contributed by atoms with Crippen molar-refractivity contribution in [3.05, 3.63) is 60.8 Å². The van der Waals surface area contributed by atoms with Gasteiger partial charge >= 0.3 is 17.9 Å². The van der Waals surface area contributed by atoms with Crippen molar-refractivity contribution in [2.75, 3.05) is 13.2 Å². The van der Waals surface area contributed by atoms with Crippen LogP contribution in [0.1, 0.15) is 335 Å². The Bertz CT molecular complexity index is 1330. The van der Waals surface area contributed by atoms with E-state index in [9.17, 15) is 14.4 Å². The number of unbranched alkanes of at least 4 members (excludes halogenated alkanes) is 38. The van der Waals surface area contributed by atoms with Crippen LogP contribution < -0.4 is 0 Å². The Morgan fingerprint density at radius 2 is 0.527 bits per heavy atom. The molecule has 1 unspecified atom stereocenters. The van der Waals surface area contributed by atoms with Gasteiger partial charge in [0, 0.05) is 19.3 Å². The lowest BCUT2D eigenvalue weighted by atomic mass is 10.0. The molecule has 0 heterocycles. The molecule has 0 amide bonds. The molecular weight excluding hydrogens is 913 g/mol.